The lowest BCUT2D eigenvalue weighted by Gasteiger charge is -2.45. The van der Waals surface area contributed by atoms with Crippen LogP contribution in [0.2, 0.25) is 19.6 Å². The molecule has 4 heteroatoms. The van der Waals surface area contributed by atoms with Crippen LogP contribution in [0.3, 0.4) is 0 Å². The van der Waals surface area contributed by atoms with Gasteiger partial charge in [-0.25, -0.2) is 0 Å². The van der Waals surface area contributed by atoms with Gasteiger partial charge in [-0.15, -0.1) is 0 Å². The molecule has 0 radical (unpaired) electrons. The zero-order valence-electron chi connectivity index (χ0n) is 12.5. The van der Waals surface area contributed by atoms with Crippen LogP contribution in [0, 0.1) is 17.3 Å². The Balaban J connectivity index is 1.89. The minimum absolute atomic E-state index is 0.0673. The molecular formula is C16H22O3Si. The van der Waals surface area contributed by atoms with Gasteiger partial charge in [0.25, 0.3) is 0 Å². The summed E-state index contributed by atoms with van der Waals surface area (Å²) < 4.78 is 6.69. The Morgan fingerprint density at radius 3 is 2.70 bits per heavy atom. The van der Waals surface area contributed by atoms with Gasteiger partial charge in [-0.1, -0.05) is 5.57 Å². The molecule has 4 aliphatic carbocycles. The van der Waals surface area contributed by atoms with Crippen LogP contribution >= 0.6 is 0 Å². The van der Waals surface area contributed by atoms with E-state index in [2.05, 4.69) is 19.6 Å². The Morgan fingerprint density at radius 1 is 1.25 bits per heavy atom. The molecule has 0 aromatic carbocycles. The van der Waals surface area contributed by atoms with Gasteiger partial charge in [0.2, 0.25) is 0 Å². The fraction of sp³-hybridized carbons (Fsp3) is 0.750. The van der Waals surface area contributed by atoms with Crippen LogP contribution in [0.5, 0.6) is 0 Å². The molecule has 0 heterocycles. The van der Waals surface area contributed by atoms with Crippen LogP contribution in [0.15, 0.2) is 11.6 Å². The van der Waals surface area contributed by atoms with Crippen molar-refractivity contribution in [2.24, 2.45) is 17.3 Å². The van der Waals surface area contributed by atoms with Crippen molar-refractivity contribution in [2.45, 2.75) is 57.3 Å². The van der Waals surface area contributed by atoms with Gasteiger partial charge in [-0.05, 0) is 57.3 Å². The van der Waals surface area contributed by atoms with Crippen LogP contribution in [0.25, 0.3) is 0 Å². The highest BCUT2D eigenvalue weighted by atomic mass is 28.4. The van der Waals surface area contributed by atoms with Crippen LogP contribution in [-0.4, -0.2) is 25.5 Å². The molecule has 1 spiro atoms. The van der Waals surface area contributed by atoms with E-state index in [0.717, 1.165) is 25.7 Å². The first-order valence-corrected chi connectivity index (χ1v) is 11.2. The van der Waals surface area contributed by atoms with Crippen molar-refractivity contribution in [1.29, 1.82) is 0 Å². The van der Waals surface area contributed by atoms with E-state index in [1.54, 1.807) is 6.08 Å². The molecule has 4 aliphatic rings. The lowest BCUT2D eigenvalue weighted by Crippen LogP contribution is -2.52. The highest BCUT2D eigenvalue weighted by molar-refractivity contribution is 6.69. The first kappa shape index (κ1) is 13.0. The average Bonchev–Trinajstić information content (AvgIpc) is 2.92. The molecule has 0 bridgehead atoms. The predicted octanol–water partition coefficient (Wildman–Crippen LogP) is 2.87. The van der Waals surface area contributed by atoms with Crippen LogP contribution in [0.4, 0.5) is 0 Å². The molecule has 3 nitrogen and oxygen atoms in total. The van der Waals surface area contributed by atoms with Crippen LogP contribution in [-0.2, 0) is 14.0 Å². The van der Waals surface area contributed by atoms with E-state index in [1.165, 1.54) is 5.57 Å². The molecule has 2 unspecified atom stereocenters. The van der Waals surface area contributed by atoms with Crippen molar-refractivity contribution in [2.75, 3.05) is 0 Å². The number of allylic oxidation sites excluding steroid dienone is 1. The first-order chi connectivity index (χ1) is 9.30. The minimum atomic E-state index is -1.71. The fourth-order valence-corrected chi connectivity index (χ4v) is 7.35. The summed E-state index contributed by atoms with van der Waals surface area (Å²) in [7, 11) is -1.71. The third-order valence-corrected chi connectivity index (χ3v) is 6.95. The lowest BCUT2D eigenvalue weighted by molar-refractivity contribution is -0.134. The van der Waals surface area contributed by atoms with Gasteiger partial charge in [-0.3, -0.25) is 9.59 Å². The number of rotatable bonds is 2. The SMILES string of the molecule is C[Si](C)(C)O[C@@]12CCC3=CC(=O)[C@H]4C(=O)CC(CC1)C342. The fourth-order valence-electron chi connectivity index (χ4n) is 5.81. The molecule has 4 atom stereocenters. The van der Waals surface area contributed by atoms with Gasteiger partial charge < -0.3 is 4.43 Å². The number of carbonyl (C=O) groups is 2. The minimum Gasteiger partial charge on any atom is -0.411 e. The quantitative estimate of drug-likeness (QED) is 0.580. The molecule has 0 N–H and O–H groups in total. The topological polar surface area (TPSA) is 43.4 Å². The van der Waals surface area contributed by atoms with Gasteiger partial charge in [0.15, 0.2) is 14.1 Å². The smallest absolute Gasteiger partial charge is 0.184 e. The van der Waals surface area contributed by atoms with Crippen molar-refractivity contribution in [3.63, 3.8) is 0 Å². The van der Waals surface area contributed by atoms with Gasteiger partial charge in [0.05, 0.1) is 11.5 Å². The molecule has 0 aliphatic heterocycles. The van der Waals surface area contributed by atoms with E-state index in [0.29, 0.717) is 12.3 Å². The third-order valence-electron chi connectivity index (χ3n) is 5.95. The summed E-state index contributed by atoms with van der Waals surface area (Å²) in [5, 5.41) is 0. The summed E-state index contributed by atoms with van der Waals surface area (Å²) >= 11 is 0. The first-order valence-electron chi connectivity index (χ1n) is 7.78. The molecule has 3 fully saturated rings. The van der Waals surface area contributed by atoms with E-state index in [4.69, 9.17) is 4.43 Å². The number of hydrogen-bond donors (Lipinski definition) is 0. The number of carbonyl (C=O) groups excluding carboxylic acids is 2. The van der Waals surface area contributed by atoms with E-state index in [9.17, 15) is 9.59 Å². The standard InChI is InChI=1S/C16H22O3Si/c1-20(2,3)19-15-6-4-10-8-12(17)14-13(18)9-11(5-7-15)16(10,14)15/h8,11,14H,4-7,9H2,1-3H3/t11?,14-,15-,16?/m0/s1. The zero-order valence-corrected chi connectivity index (χ0v) is 13.5. The second-order valence-corrected chi connectivity index (χ2v) is 12.4. The largest absolute Gasteiger partial charge is 0.411 e. The van der Waals surface area contributed by atoms with Crippen molar-refractivity contribution < 1.29 is 14.0 Å². The van der Waals surface area contributed by atoms with Gasteiger partial charge >= 0.3 is 0 Å². The number of Topliss-reactive ketones (excluding diaryl/α,β-unsaturated/α-hetero) is 1. The highest BCUT2D eigenvalue weighted by Gasteiger charge is 2.76. The summed E-state index contributed by atoms with van der Waals surface area (Å²) in [6, 6.07) is 0. The second kappa shape index (κ2) is 3.53. The third kappa shape index (κ3) is 1.26. The molecule has 108 valence electrons. The van der Waals surface area contributed by atoms with Crippen molar-refractivity contribution in [3.8, 4) is 0 Å². The van der Waals surface area contributed by atoms with Crippen LogP contribution in [0.1, 0.15) is 32.1 Å². The normalized spacial score (nSPS) is 45.9. The molecule has 0 aromatic rings. The van der Waals surface area contributed by atoms with Gasteiger partial charge in [-0.2, -0.15) is 0 Å². The summed E-state index contributed by atoms with van der Waals surface area (Å²) in [5.41, 5.74) is 0.803. The molecule has 0 saturated heterocycles. The van der Waals surface area contributed by atoms with E-state index in [-0.39, 0.29) is 22.6 Å². The summed E-state index contributed by atoms with van der Waals surface area (Å²) in [6.45, 7) is 6.65. The van der Waals surface area contributed by atoms with Gasteiger partial charge in [0.1, 0.15) is 5.78 Å². The zero-order chi connectivity index (χ0) is 14.3. The maximum Gasteiger partial charge on any atom is 0.184 e. The van der Waals surface area contributed by atoms with Crippen molar-refractivity contribution in [3.05, 3.63) is 11.6 Å². The Labute approximate surface area is 120 Å². The maximum atomic E-state index is 12.4. The van der Waals surface area contributed by atoms with E-state index < -0.39 is 14.2 Å². The Hall–Kier alpha value is -0.743. The lowest BCUT2D eigenvalue weighted by atomic mass is 9.67. The van der Waals surface area contributed by atoms with Crippen LogP contribution < -0.4 is 0 Å². The summed E-state index contributed by atoms with van der Waals surface area (Å²) in [6.07, 6.45) is 6.46. The van der Waals surface area contributed by atoms with Crippen molar-refractivity contribution in [1.82, 2.24) is 0 Å². The Bertz CT molecular complexity index is 559. The Kier molecular flexibility index (Phi) is 2.29. The summed E-state index contributed by atoms with van der Waals surface area (Å²) in [4.78, 5) is 24.8. The molecule has 3 saturated carbocycles. The molecule has 0 aromatic heterocycles. The van der Waals surface area contributed by atoms with E-state index in [1.807, 2.05) is 0 Å². The highest BCUT2D eigenvalue weighted by Crippen LogP contribution is 2.73. The predicted molar refractivity (Wildman–Crippen MR) is 77.8 cm³/mol. The maximum absolute atomic E-state index is 12.4. The van der Waals surface area contributed by atoms with Gasteiger partial charge in [0, 0.05) is 11.8 Å². The Morgan fingerprint density at radius 2 is 2.00 bits per heavy atom. The van der Waals surface area contributed by atoms with E-state index >= 15 is 0 Å². The second-order valence-electron chi connectivity index (χ2n) is 7.99. The number of hydrogen-bond acceptors (Lipinski definition) is 3. The molecule has 4 rings (SSSR count). The average molecular weight is 290 g/mol. The molecular weight excluding hydrogens is 268 g/mol. The molecule has 20 heavy (non-hydrogen) atoms. The van der Waals surface area contributed by atoms with Crippen molar-refractivity contribution >= 4 is 19.9 Å². The molecule has 0 amide bonds. The number of ketones is 2. The monoisotopic (exact) mass is 290 g/mol. The summed E-state index contributed by atoms with van der Waals surface area (Å²) in [5.74, 6) is 0.203.